The van der Waals surface area contributed by atoms with E-state index in [1.807, 2.05) is 22.8 Å². The molecule has 1 aliphatic rings. The molecule has 1 N–H and O–H groups in total. The molecule has 6 heteroatoms. The zero-order valence-corrected chi connectivity index (χ0v) is 17.3. The summed E-state index contributed by atoms with van der Waals surface area (Å²) in [5.41, 5.74) is 3.67. The maximum absolute atomic E-state index is 12.2. The molecule has 1 heterocycles. The van der Waals surface area contributed by atoms with Gasteiger partial charge in [0.05, 0.1) is 5.75 Å². The fourth-order valence-electron chi connectivity index (χ4n) is 3.36. The molecule has 0 atom stereocenters. The van der Waals surface area contributed by atoms with Gasteiger partial charge < -0.3 is 5.32 Å². The monoisotopic (exact) mass is 396 g/mol. The Labute approximate surface area is 171 Å². The summed E-state index contributed by atoms with van der Waals surface area (Å²) >= 11 is 1.42. The van der Waals surface area contributed by atoms with Crippen molar-refractivity contribution >= 4 is 17.7 Å². The van der Waals surface area contributed by atoms with Gasteiger partial charge in [-0.25, -0.2) is 0 Å². The van der Waals surface area contributed by atoms with Crippen LogP contribution in [0.1, 0.15) is 37.7 Å². The Morgan fingerprint density at radius 2 is 2.25 bits per heavy atom. The van der Waals surface area contributed by atoms with Crippen molar-refractivity contribution in [1.29, 1.82) is 0 Å². The van der Waals surface area contributed by atoms with E-state index in [9.17, 15) is 4.79 Å². The molecule has 0 radical (unpaired) electrons. The van der Waals surface area contributed by atoms with E-state index in [1.54, 1.807) is 0 Å². The summed E-state index contributed by atoms with van der Waals surface area (Å²) in [5.74, 6) is 1.17. The van der Waals surface area contributed by atoms with Crippen molar-refractivity contribution in [2.45, 2.75) is 50.7 Å². The second-order valence-electron chi connectivity index (χ2n) is 7.07. The van der Waals surface area contributed by atoms with E-state index in [1.165, 1.54) is 48.6 Å². The molecule has 28 heavy (non-hydrogen) atoms. The number of nitrogens with one attached hydrogen (secondary N) is 1. The van der Waals surface area contributed by atoms with Crippen molar-refractivity contribution in [3.05, 3.63) is 54.1 Å². The third kappa shape index (κ3) is 5.58. The minimum absolute atomic E-state index is 0.0340. The molecule has 0 bridgehead atoms. The van der Waals surface area contributed by atoms with Gasteiger partial charge in [0, 0.05) is 18.7 Å². The molecule has 3 rings (SSSR count). The molecule has 0 fully saturated rings. The summed E-state index contributed by atoms with van der Waals surface area (Å²) in [4.78, 5) is 12.2. The number of amides is 1. The second-order valence-corrected chi connectivity index (χ2v) is 8.01. The number of allylic oxidation sites excluding steroid dienone is 2. The van der Waals surface area contributed by atoms with Crippen LogP contribution in [-0.2, 0) is 11.3 Å². The fourth-order valence-corrected chi connectivity index (χ4v) is 4.14. The lowest BCUT2D eigenvalue weighted by molar-refractivity contribution is -0.118. The van der Waals surface area contributed by atoms with Gasteiger partial charge in [-0.2, -0.15) is 0 Å². The number of rotatable bonds is 9. The third-order valence-electron chi connectivity index (χ3n) is 4.79. The number of aryl methyl sites for hydroxylation is 1. The van der Waals surface area contributed by atoms with Gasteiger partial charge >= 0.3 is 0 Å². The van der Waals surface area contributed by atoms with Crippen molar-refractivity contribution in [2.24, 2.45) is 0 Å². The van der Waals surface area contributed by atoms with Gasteiger partial charge in [-0.05, 0) is 45.1 Å². The van der Waals surface area contributed by atoms with Gasteiger partial charge in [-0.1, -0.05) is 53.2 Å². The van der Waals surface area contributed by atoms with Crippen molar-refractivity contribution in [2.75, 3.05) is 12.3 Å². The zero-order valence-electron chi connectivity index (χ0n) is 16.5. The van der Waals surface area contributed by atoms with E-state index in [2.05, 4.69) is 47.2 Å². The Morgan fingerprint density at radius 1 is 1.36 bits per heavy atom. The lowest BCUT2D eigenvalue weighted by atomic mass is 9.97. The number of thioether (sulfide) groups is 1. The first-order chi connectivity index (χ1) is 13.7. The maximum Gasteiger partial charge on any atom is 0.230 e. The van der Waals surface area contributed by atoms with Crippen LogP contribution in [0.2, 0.25) is 0 Å². The topological polar surface area (TPSA) is 59.8 Å². The predicted molar refractivity (Wildman–Crippen MR) is 115 cm³/mol. The van der Waals surface area contributed by atoms with Gasteiger partial charge in [0.1, 0.15) is 0 Å². The van der Waals surface area contributed by atoms with Crippen LogP contribution in [0.4, 0.5) is 0 Å². The first-order valence-corrected chi connectivity index (χ1v) is 10.8. The number of benzene rings is 1. The van der Waals surface area contributed by atoms with Crippen LogP contribution in [0.3, 0.4) is 0 Å². The summed E-state index contributed by atoms with van der Waals surface area (Å²) in [5, 5.41) is 12.4. The minimum atomic E-state index is 0.0340. The molecule has 0 saturated heterocycles. The van der Waals surface area contributed by atoms with Crippen LogP contribution < -0.4 is 5.32 Å². The van der Waals surface area contributed by atoms with Gasteiger partial charge in [0.15, 0.2) is 11.0 Å². The summed E-state index contributed by atoms with van der Waals surface area (Å²) < 4.78 is 2.01. The van der Waals surface area contributed by atoms with E-state index in [0.717, 1.165) is 23.0 Å². The molecular weight excluding hydrogens is 368 g/mol. The van der Waals surface area contributed by atoms with E-state index in [4.69, 9.17) is 0 Å². The van der Waals surface area contributed by atoms with Crippen LogP contribution >= 0.6 is 11.8 Å². The molecule has 1 aromatic carbocycles. The first kappa shape index (κ1) is 20.4. The van der Waals surface area contributed by atoms with Gasteiger partial charge in [0.25, 0.3) is 0 Å². The second kappa shape index (κ2) is 10.3. The maximum atomic E-state index is 12.2. The summed E-state index contributed by atoms with van der Waals surface area (Å²) in [6.07, 6.45) is 10.0. The standard InChI is InChI=1S/C22H28N4OS/c1-3-14-26-21(19-11-7-8-17(2)15-19)24-25-22(26)28-16-20(27)23-13-12-18-9-5-4-6-10-18/h3,7-9,11,15H,1,4-6,10,12-14,16H2,2H3,(H,23,27). The Bertz CT molecular complexity index is 856. The molecule has 2 aromatic rings. The highest BCUT2D eigenvalue weighted by molar-refractivity contribution is 7.99. The average molecular weight is 397 g/mol. The van der Waals surface area contributed by atoms with Crippen molar-refractivity contribution in [3.63, 3.8) is 0 Å². The van der Waals surface area contributed by atoms with E-state index < -0.39 is 0 Å². The van der Waals surface area contributed by atoms with Gasteiger partial charge in [-0.15, -0.1) is 16.8 Å². The quantitative estimate of drug-likeness (QED) is 0.499. The normalized spacial score (nSPS) is 13.8. The average Bonchev–Trinajstić information content (AvgIpc) is 3.10. The van der Waals surface area contributed by atoms with Crippen LogP contribution in [0.5, 0.6) is 0 Å². The number of hydrogen-bond donors (Lipinski definition) is 1. The van der Waals surface area contributed by atoms with Crippen molar-refractivity contribution in [3.8, 4) is 11.4 Å². The lowest BCUT2D eigenvalue weighted by Gasteiger charge is -2.13. The summed E-state index contributed by atoms with van der Waals surface area (Å²) in [6, 6.07) is 8.18. The van der Waals surface area contributed by atoms with Gasteiger partial charge in [0.2, 0.25) is 5.91 Å². The van der Waals surface area contributed by atoms with Crippen LogP contribution in [-0.4, -0.2) is 33.0 Å². The van der Waals surface area contributed by atoms with E-state index in [0.29, 0.717) is 18.8 Å². The smallest absolute Gasteiger partial charge is 0.230 e. The molecule has 0 aliphatic heterocycles. The molecule has 148 valence electrons. The van der Waals surface area contributed by atoms with Crippen molar-refractivity contribution in [1.82, 2.24) is 20.1 Å². The lowest BCUT2D eigenvalue weighted by Crippen LogP contribution is -2.26. The Balaban J connectivity index is 1.57. The molecule has 0 unspecified atom stereocenters. The number of carbonyl (C=O) groups is 1. The van der Waals surface area contributed by atoms with E-state index in [-0.39, 0.29) is 5.91 Å². The highest BCUT2D eigenvalue weighted by Gasteiger charge is 2.15. The molecular formula is C22H28N4OS. The number of nitrogens with zero attached hydrogens (tertiary/aromatic N) is 3. The fraction of sp³-hybridized carbons (Fsp3) is 0.409. The number of aromatic nitrogens is 3. The number of hydrogen-bond acceptors (Lipinski definition) is 4. The molecule has 0 saturated carbocycles. The minimum Gasteiger partial charge on any atom is -0.355 e. The van der Waals surface area contributed by atoms with Crippen LogP contribution in [0.25, 0.3) is 11.4 Å². The third-order valence-corrected chi connectivity index (χ3v) is 5.76. The van der Waals surface area contributed by atoms with Crippen LogP contribution in [0, 0.1) is 6.92 Å². The summed E-state index contributed by atoms with van der Waals surface area (Å²) in [6.45, 7) is 7.21. The van der Waals surface area contributed by atoms with E-state index >= 15 is 0 Å². The zero-order chi connectivity index (χ0) is 19.8. The largest absolute Gasteiger partial charge is 0.355 e. The molecule has 1 aromatic heterocycles. The molecule has 1 amide bonds. The number of carbonyl (C=O) groups excluding carboxylic acids is 1. The molecule has 5 nitrogen and oxygen atoms in total. The Hall–Kier alpha value is -2.34. The Morgan fingerprint density at radius 3 is 3.00 bits per heavy atom. The SMILES string of the molecule is C=CCn1c(SCC(=O)NCCC2=CCCCC2)nnc1-c1cccc(C)c1. The van der Waals surface area contributed by atoms with Crippen LogP contribution in [0.15, 0.2) is 53.7 Å². The highest BCUT2D eigenvalue weighted by Crippen LogP contribution is 2.25. The highest BCUT2D eigenvalue weighted by atomic mass is 32.2. The first-order valence-electron chi connectivity index (χ1n) is 9.86. The van der Waals surface area contributed by atoms with Gasteiger partial charge in [-0.3, -0.25) is 9.36 Å². The molecule has 1 aliphatic carbocycles. The predicted octanol–water partition coefficient (Wildman–Crippen LogP) is 4.54. The Kier molecular flexibility index (Phi) is 7.48. The molecule has 0 spiro atoms. The van der Waals surface area contributed by atoms with Crippen molar-refractivity contribution < 1.29 is 4.79 Å². The summed E-state index contributed by atoms with van der Waals surface area (Å²) in [7, 11) is 0.